The number of aryl methyl sites for hydroxylation is 1. The lowest BCUT2D eigenvalue weighted by atomic mass is 10.1. The molecule has 0 N–H and O–H groups in total. The van der Waals surface area contributed by atoms with Crippen LogP contribution in [-0.2, 0) is 6.61 Å². The number of benzene rings is 2. The van der Waals surface area contributed by atoms with Crippen molar-refractivity contribution < 1.29 is 4.74 Å². The second kappa shape index (κ2) is 5.63. The van der Waals surface area contributed by atoms with Gasteiger partial charge in [-0.05, 0) is 54.1 Å². The Morgan fingerprint density at radius 2 is 1.80 bits per heavy atom. The van der Waals surface area contributed by atoms with E-state index in [1.54, 1.807) is 0 Å². The van der Waals surface area contributed by atoms with Gasteiger partial charge in [0.15, 0.2) is 0 Å². The lowest BCUT2D eigenvalue weighted by Crippen LogP contribution is -1.98. The summed E-state index contributed by atoms with van der Waals surface area (Å²) >= 11 is 3.48. The Bertz CT molecular complexity index is 755. The monoisotopic (exact) mass is 327 g/mol. The van der Waals surface area contributed by atoms with Crippen LogP contribution in [0.2, 0.25) is 0 Å². The molecule has 1 aromatic heterocycles. The third-order valence-electron chi connectivity index (χ3n) is 3.11. The lowest BCUT2D eigenvalue weighted by molar-refractivity contribution is 0.301. The van der Waals surface area contributed by atoms with E-state index in [9.17, 15) is 0 Å². The van der Waals surface area contributed by atoms with Crippen LogP contribution < -0.4 is 4.74 Å². The summed E-state index contributed by atoms with van der Waals surface area (Å²) < 4.78 is 6.90. The molecule has 0 aliphatic heterocycles. The van der Waals surface area contributed by atoms with Crippen LogP contribution in [0.1, 0.15) is 11.4 Å². The number of hydrogen-bond donors (Lipinski definition) is 0. The van der Waals surface area contributed by atoms with Crippen molar-refractivity contribution in [2.24, 2.45) is 0 Å². The number of fused-ring (bicyclic) bond motifs is 1. The molecule has 0 aliphatic rings. The molecule has 0 radical (unpaired) electrons. The molecule has 0 saturated carbocycles. The molecule has 100 valence electrons. The predicted octanol–water partition coefficient (Wildman–Crippen LogP) is 4.88. The molecule has 2 nitrogen and oxygen atoms in total. The van der Waals surface area contributed by atoms with Crippen LogP contribution in [0.5, 0.6) is 5.75 Å². The Hall–Kier alpha value is -1.87. The van der Waals surface area contributed by atoms with E-state index in [1.165, 1.54) is 10.8 Å². The van der Waals surface area contributed by atoms with Gasteiger partial charge in [-0.1, -0.05) is 34.1 Å². The van der Waals surface area contributed by atoms with Crippen molar-refractivity contribution >= 4 is 26.7 Å². The van der Waals surface area contributed by atoms with E-state index in [2.05, 4.69) is 45.2 Å². The molecule has 0 unspecified atom stereocenters. The summed E-state index contributed by atoms with van der Waals surface area (Å²) in [6, 6.07) is 18.3. The van der Waals surface area contributed by atoms with Gasteiger partial charge in [0, 0.05) is 10.2 Å². The highest BCUT2D eigenvalue weighted by molar-refractivity contribution is 9.10. The molecule has 0 amide bonds. The molecule has 0 aliphatic carbocycles. The smallest absolute Gasteiger partial charge is 0.130 e. The van der Waals surface area contributed by atoms with E-state index < -0.39 is 0 Å². The van der Waals surface area contributed by atoms with Gasteiger partial charge in [-0.15, -0.1) is 0 Å². The van der Waals surface area contributed by atoms with Gasteiger partial charge in [0.1, 0.15) is 12.4 Å². The number of halogens is 1. The van der Waals surface area contributed by atoms with Crippen molar-refractivity contribution in [1.29, 1.82) is 0 Å². The van der Waals surface area contributed by atoms with Crippen LogP contribution in [0.3, 0.4) is 0 Å². The summed E-state index contributed by atoms with van der Waals surface area (Å²) in [5.41, 5.74) is 1.95. The zero-order valence-electron chi connectivity index (χ0n) is 11.1. The maximum Gasteiger partial charge on any atom is 0.130 e. The fraction of sp³-hybridized carbons (Fsp3) is 0.118. The van der Waals surface area contributed by atoms with Gasteiger partial charge >= 0.3 is 0 Å². The van der Waals surface area contributed by atoms with Crippen LogP contribution in [0.4, 0.5) is 0 Å². The van der Waals surface area contributed by atoms with E-state index in [-0.39, 0.29) is 0 Å². The summed E-state index contributed by atoms with van der Waals surface area (Å²) in [6.45, 7) is 2.47. The van der Waals surface area contributed by atoms with Gasteiger partial charge < -0.3 is 4.74 Å². The van der Waals surface area contributed by atoms with Crippen molar-refractivity contribution in [3.63, 3.8) is 0 Å². The van der Waals surface area contributed by atoms with Crippen LogP contribution in [-0.4, -0.2) is 4.98 Å². The lowest BCUT2D eigenvalue weighted by Gasteiger charge is -2.07. The van der Waals surface area contributed by atoms with Crippen molar-refractivity contribution in [2.45, 2.75) is 13.5 Å². The molecule has 3 aromatic rings. The molecule has 0 fully saturated rings. The Morgan fingerprint density at radius 3 is 2.65 bits per heavy atom. The van der Waals surface area contributed by atoms with Gasteiger partial charge in [0.05, 0.1) is 5.69 Å². The first-order valence-corrected chi connectivity index (χ1v) is 7.25. The fourth-order valence-electron chi connectivity index (χ4n) is 2.12. The Balaban J connectivity index is 1.79. The standard InChI is InChI=1S/C17H14BrNO/c1-12-3-2-4-16(19-12)11-20-17-8-6-13-9-15(18)7-5-14(13)10-17/h2-10H,11H2,1H3. The maximum absolute atomic E-state index is 5.81. The minimum Gasteiger partial charge on any atom is -0.487 e. The highest BCUT2D eigenvalue weighted by Gasteiger charge is 2.00. The second-order valence-corrected chi connectivity index (χ2v) is 5.63. The average Bonchev–Trinajstić information content (AvgIpc) is 2.45. The molecule has 0 bridgehead atoms. The predicted molar refractivity (Wildman–Crippen MR) is 85.0 cm³/mol. The number of rotatable bonds is 3. The first-order chi connectivity index (χ1) is 9.70. The van der Waals surface area contributed by atoms with Crippen LogP contribution in [0.15, 0.2) is 59.1 Å². The number of ether oxygens (including phenoxy) is 1. The van der Waals surface area contributed by atoms with E-state index in [0.29, 0.717) is 6.61 Å². The molecule has 3 rings (SSSR count). The SMILES string of the molecule is Cc1cccc(COc2ccc3cc(Br)ccc3c2)n1. The molecular formula is C17H14BrNO. The van der Waals surface area contributed by atoms with Gasteiger partial charge in [0.2, 0.25) is 0 Å². The van der Waals surface area contributed by atoms with Crippen molar-refractivity contribution in [3.05, 3.63) is 70.5 Å². The zero-order valence-corrected chi connectivity index (χ0v) is 12.7. The Morgan fingerprint density at radius 1 is 1.00 bits per heavy atom. The molecule has 20 heavy (non-hydrogen) atoms. The normalized spacial score (nSPS) is 10.7. The summed E-state index contributed by atoms with van der Waals surface area (Å²) in [4.78, 5) is 4.43. The molecule has 0 atom stereocenters. The molecule has 1 heterocycles. The van der Waals surface area contributed by atoms with Gasteiger partial charge in [-0.2, -0.15) is 0 Å². The molecule has 3 heteroatoms. The van der Waals surface area contributed by atoms with E-state index in [1.807, 2.05) is 37.3 Å². The third-order valence-corrected chi connectivity index (χ3v) is 3.60. The Kier molecular flexibility index (Phi) is 3.70. The first-order valence-electron chi connectivity index (χ1n) is 6.45. The number of pyridine rings is 1. The summed E-state index contributed by atoms with van der Waals surface area (Å²) in [5, 5.41) is 2.36. The number of nitrogens with zero attached hydrogens (tertiary/aromatic N) is 1. The van der Waals surface area contributed by atoms with E-state index in [0.717, 1.165) is 21.6 Å². The van der Waals surface area contributed by atoms with E-state index in [4.69, 9.17) is 4.74 Å². The van der Waals surface area contributed by atoms with Crippen molar-refractivity contribution in [2.75, 3.05) is 0 Å². The topological polar surface area (TPSA) is 22.1 Å². The quantitative estimate of drug-likeness (QED) is 0.683. The van der Waals surface area contributed by atoms with Crippen LogP contribution in [0.25, 0.3) is 10.8 Å². The van der Waals surface area contributed by atoms with Crippen LogP contribution in [0, 0.1) is 6.92 Å². The van der Waals surface area contributed by atoms with Crippen molar-refractivity contribution in [3.8, 4) is 5.75 Å². The largest absolute Gasteiger partial charge is 0.487 e. The average molecular weight is 328 g/mol. The highest BCUT2D eigenvalue weighted by Crippen LogP contribution is 2.24. The van der Waals surface area contributed by atoms with E-state index >= 15 is 0 Å². The molecule has 0 saturated heterocycles. The maximum atomic E-state index is 5.81. The fourth-order valence-corrected chi connectivity index (χ4v) is 2.50. The molecule has 0 spiro atoms. The summed E-state index contributed by atoms with van der Waals surface area (Å²) in [6.07, 6.45) is 0. The third kappa shape index (κ3) is 2.99. The van der Waals surface area contributed by atoms with Crippen molar-refractivity contribution in [1.82, 2.24) is 4.98 Å². The van der Waals surface area contributed by atoms with Gasteiger partial charge in [-0.25, -0.2) is 0 Å². The number of hydrogen-bond acceptors (Lipinski definition) is 2. The summed E-state index contributed by atoms with van der Waals surface area (Å²) in [7, 11) is 0. The Labute approximate surface area is 126 Å². The second-order valence-electron chi connectivity index (χ2n) is 4.71. The molecular weight excluding hydrogens is 314 g/mol. The first kappa shape index (κ1) is 13.1. The van der Waals surface area contributed by atoms with Gasteiger partial charge in [0.25, 0.3) is 0 Å². The highest BCUT2D eigenvalue weighted by atomic mass is 79.9. The minimum absolute atomic E-state index is 0.490. The summed E-state index contributed by atoms with van der Waals surface area (Å²) in [5.74, 6) is 0.864. The van der Waals surface area contributed by atoms with Gasteiger partial charge in [-0.3, -0.25) is 4.98 Å². The molecule has 2 aromatic carbocycles. The minimum atomic E-state index is 0.490. The number of aromatic nitrogens is 1. The van der Waals surface area contributed by atoms with Crippen LogP contribution >= 0.6 is 15.9 Å². The zero-order chi connectivity index (χ0) is 13.9.